The van der Waals surface area contributed by atoms with Gasteiger partial charge in [-0.15, -0.1) is 0 Å². The molecule has 1 aliphatic heterocycles. The third-order valence-corrected chi connectivity index (χ3v) is 3.51. The minimum Gasteiger partial charge on any atom is -0.328 e. The fraction of sp³-hybridized carbons (Fsp3) is 0.364. The predicted octanol–water partition coefficient (Wildman–Crippen LogP) is 1.53. The minimum atomic E-state index is -0.243. The van der Waals surface area contributed by atoms with Crippen molar-refractivity contribution in [3.05, 3.63) is 35.9 Å². The van der Waals surface area contributed by atoms with Crippen molar-refractivity contribution in [2.45, 2.75) is 12.6 Å². The highest BCUT2D eigenvalue weighted by atomic mass is 32.1. The highest BCUT2D eigenvalue weighted by Gasteiger charge is 2.41. The van der Waals surface area contributed by atoms with Gasteiger partial charge in [-0.3, -0.25) is 5.01 Å². The third-order valence-electron chi connectivity index (χ3n) is 2.97. The number of nitrogens with one attached hydrogen (secondary N) is 1. The van der Waals surface area contributed by atoms with Gasteiger partial charge in [0, 0.05) is 14.1 Å². The second-order valence-corrected chi connectivity index (χ2v) is 4.32. The van der Waals surface area contributed by atoms with E-state index in [2.05, 4.69) is 29.4 Å². The van der Waals surface area contributed by atoms with E-state index in [0.29, 0.717) is 0 Å². The maximum atomic E-state index is 5.30. The van der Waals surface area contributed by atoms with Crippen molar-refractivity contribution in [2.24, 2.45) is 0 Å². The summed E-state index contributed by atoms with van der Waals surface area (Å²) < 4.78 is 0. The maximum Gasteiger partial charge on any atom is 0.187 e. The van der Waals surface area contributed by atoms with Gasteiger partial charge in [0.25, 0.3) is 0 Å². The van der Waals surface area contributed by atoms with Gasteiger partial charge in [-0.2, -0.15) is 0 Å². The Morgan fingerprint density at radius 1 is 1.20 bits per heavy atom. The van der Waals surface area contributed by atoms with Crippen molar-refractivity contribution in [1.29, 1.82) is 0 Å². The fourth-order valence-electron chi connectivity index (χ4n) is 1.89. The highest BCUT2D eigenvalue weighted by Crippen LogP contribution is 2.29. The molecule has 0 unspecified atom stereocenters. The van der Waals surface area contributed by atoms with E-state index in [0.717, 1.165) is 5.11 Å². The van der Waals surface area contributed by atoms with Gasteiger partial charge >= 0.3 is 0 Å². The zero-order chi connectivity index (χ0) is 11.1. The maximum absolute atomic E-state index is 5.30. The lowest BCUT2D eigenvalue weighted by Gasteiger charge is -2.31. The van der Waals surface area contributed by atoms with Crippen LogP contribution in [0, 0.1) is 0 Å². The molecule has 1 aliphatic rings. The summed E-state index contributed by atoms with van der Waals surface area (Å²) in [5, 5.41) is 2.68. The molecule has 1 atom stereocenters. The molecule has 1 aromatic carbocycles. The van der Waals surface area contributed by atoms with Crippen molar-refractivity contribution < 1.29 is 0 Å². The summed E-state index contributed by atoms with van der Waals surface area (Å²) in [5.74, 6) is 0. The Bertz CT molecular complexity index is 379. The Hall–Kier alpha value is -1.13. The first kappa shape index (κ1) is 10.4. The smallest absolute Gasteiger partial charge is 0.187 e. The van der Waals surface area contributed by atoms with Gasteiger partial charge in [0.1, 0.15) is 5.66 Å². The number of hydrogen-bond acceptors (Lipinski definition) is 2. The SMILES string of the molecule is CN1N[C@@](C)(c2ccccc2)N(C)C1=S. The minimum absolute atomic E-state index is 0.243. The lowest BCUT2D eigenvalue weighted by atomic mass is 10.0. The van der Waals surface area contributed by atoms with Crippen LogP contribution < -0.4 is 5.43 Å². The zero-order valence-corrected chi connectivity index (χ0v) is 10.0. The van der Waals surface area contributed by atoms with Crippen LogP contribution in [0.3, 0.4) is 0 Å². The standard InChI is InChI=1S/C11H15N3S/c1-11(9-7-5-4-6-8-9)12-14(3)10(15)13(11)2/h4-8,12H,1-3H3/t11-/m1/s1. The summed E-state index contributed by atoms with van der Waals surface area (Å²) in [6, 6.07) is 10.3. The van der Waals surface area contributed by atoms with Crippen LogP contribution >= 0.6 is 12.2 Å². The van der Waals surface area contributed by atoms with Crippen LogP contribution in [0.1, 0.15) is 12.5 Å². The number of hydrogen-bond donors (Lipinski definition) is 1. The van der Waals surface area contributed by atoms with E-state index in [1.807, 2.05) is 37.3 Å². The van der Waals surface area contributed by atoms with E-state index in [-0.39, 0.29) is 5.66 Å². The molecule has 0 radical (unpaired) electrons. The van der Waals surface area contributed by atoms with Gasteiger partial charge in [-0.1, -0.05) is 30.3 Å². The van der Waals surface area contributed by atoms with Crippen molar-refractivity contribution in [3.63, 3.8) is 0 Å². The monoisotopic (exact) mass is 221 g/mol. The van der Waals surface area contributed by atoms with E-state index in [1.54, 1.807) is 0 Å². The van der Waals surface area contributed by atoms with Crippen molar-refractivity contribution in [3.8, 4) is 0 Å². The first-order chi connectivity index (χ1) is 7.05. The quantitative estimate of drug-likeness (QED) is 0.725. The molecule has 0 saturated carbocycles. The predicted molar refractivity (Wildman–Crippen MR) is 65.1 cm³/mol. The van der Waals surface area contributed by atoms with Crippen LogP contribution in [-0.2, 0) is 5.66 Å². The second-order valence-electron chi connectivity index (χ2n) is 3.95. The van der Waals surface area contributed by atoms with Crippen molar-refractivity contribution >= 4 is 17.3 Å². The summed E-state index contributed by atoms with van der Waals surface area (Å²) in [6.07, 6.45) is 0. The zero-order valence-electron chi connectivity index (χ0n) is 9.19. The molecule has 0 amide bonds. The normalized spacial score (nSPS) is 26.2. The van der Waals surface area contributed by atoms with Gasteiger partial charge in [0.05, 0.1) is 0 Å². The molecule has 4 heteroatoms. The van der Waals surface area contributed by atoms with E-state index in [4.69, 9.17) is 12.2 Å². The average molecular weight is 221 g/mol. The molecule has 1 heterocycles. The second kappa shape index (κ2) is 3.47. The molecule has 1 fully saturated rings. The van der Waals surface area contributed by atoms with Gasteiger partial charge in [0.2, 0.25) is 0 Å². The first-order valence-electron chi connectivity index (χ1n) is 4.90. The van der Waals surface area contributed by atoms with Gasteiger partial charge in [-0.05, 0) is 24.7 Å². The molecule has 0 aromatic heterocycles. The summed E-state index contributed by atoms with van der Waals surface area (Å²) >= 11 is 5.30. The van der Waals surface area contributed by atoms with E-state index < -0.39 is 0 Å². The molecule has 0 bridgehead atoms. The van der Waals surface area contributed by atoms with Gasteiger partial charge in [0.15, 0.2) is 5.11 Å². The van der Waals surface area contributed by atoms with Crippen LogP contribution in [0.15, 0.2) is 30.3 Å². The van der Waals surface area contributed by atoms with Crippen LogP contribution in [0.2, 0.25) is 0 Å². The molecule has 0 spiro atoms. The third kappa shape index (κ3) is 1.50. The summed E-state index contributed by atoms with van der Waals surface area (Å²) in [5.41, 5.74) is 4.33. The Labute approximate surface area is 95.6 Å². The molecule has 1 N–H and O–H groups in total. The van der Waals surface area contributed by atoms with Crippen molar-refractivity contribution in [1.82, 2.24) is 15.3 Å². The lowest BCUT2D eigenvalue weighted by molar-refractivity contribution is 0.179. The molecule has 0 aliphatic carbocycles. The molecular weight excluding hydrogens is 206 g/mol. The molecule has 80 valence electrons. The first-order valence-corrected chi connectivity index (χ1v) is 5.31. The summed E-state index contributed by atoms with van der Waals surface area (Å²) in [7, 11) is 3.94. The Morgan fingerprint density at radius 3 is 2.27 bits per heavy atom. The Morgan fingerprint density at radius 2 is 1.80 bits per heavy atom. The average Bonchev–Trinajstić information content (AvgIpc) is 2.45. The molecular formula is C11H15N3S. The van der Waals surface area contributed by atoms with Crippen molar-refractivity contribution in [2.75, 3.05) is 14.1 Å². The van der Waals surface area contributed by atoms with Gasteiger partial charge in [-0.25, -0.2) is 5.43 Å². The lowest BCUT2D eigenvalue weighted by Crippen LogP contribution is -2.45. The molecule has 2 rings (SSSR count). The molecule has 15 heavy (non-hydrogen) atoms. The highest BCUT2D eigenvalue weighted by molar-refractivity contribution is 7.80. The molecule has 1 aromatic rings. The van der Waals surface area contributed by atoms with Gasteiger partial charge < -0.3 is 4.90 Å². The topological polar surface area (TPSA) is 18.5 Å². The van der Waals surface area contributed by atoms with E-state index in [9.17, 15) is 0 Å². The summed E-state index contributed by atoms with van der Waals surface area (Å²) in [4.78, 5) is 2.07. The molecule has 3 nitrogen and oxygen atoms in total. The number of hydrazine groups is 1. The van der Waals surface area contributed by atoms with Crippen LogP contribution in [0.5, 0.6) is 0 Å². The van der Waals surface area contributed by atoms with Crippen LogP contribution in [0.25, 0.3) is 0 Å². The Kier molecular flexibility index (Phi) is 2.40. The number of thiocarbonyl (C=S) groups is 1. The fourth-order valence-corrected chi connectivity index (χ4v) is 2.11. The molecule has 1 saturated heterocycles. The number of nitrogens with zero attached hydrogens (tertiary/aromatic N) is 2. The number of benzene rings is 1. The van der Waals surface area contributed by atoms with Crippen LogP contribution in [-0.4, -0.2) is 29.1 Å². The van der Waals surface area contributed by atoms with E-state index in [1.165, 1.54) is 5.56 Å². The Balaban J connectivity index is 2.40. The van der Waals surface area contributed by atoms with Crippen LogP contribution in [0.4, 0.5) is 0 Å². The largest absolute Gasteiger partial charge is 0.328 e. The number of rotatable bonds is 1. The summed E-state index contributed by atoms with van der Waals surface area (Å²) in [6.45, 7) is 2.12. The van der Waals surface area contributed by atoms with E-state index >= 15 is 0 Å².